The van der Waals surface area contributed by atoms with Gasteiger partial charge in [-0.05, 0) is 52.3 Å². The lowest BCUT2D eigenvalue weighted by Gasteiger charge is -2.28. The smallest absolute Gasteiger partial charge is 0.287 e. The van der Waals surface area contributed by atoms with Crippen LogP contribution in [0.5, 0.6) is 0 Å². The van der Waals surface area contributed by atoms with Crippen molar-refractivity contribution in [3.8, 4) is 0 Å². The first-order valence-electron chi connectivity index (χ1n) is 9.42. The molecular formula is C20H23BrN4O5. The SMILES string of the molecule is CN(CC(=O)Nc1ccc(N2CCOCC2)cc1)C(=O)CNC(=O)c1ccc(Br)o1. The van der Waals surface area contributed by atoms with Gasteiger partial charge in [0.1, 0.15) is 0 Å². The molecule has 1 saturated heterocycles. The van der Waals surface area contributed by atoms with Crippen LogP contribution in [0.2, 0.25) is 0 Å². The zero-order chi connectivity index (χ0) is 21.5. The maximum atomic E-state index is 12.2. The molecule has 1 aliphatic rings. The number of ether oxygens (including phenoxy) is 1. The van der Waals surface area contributed by atoms with Crippen molar-refractivity contribution in [2.24, 2.45) is 0 Å². The van der Waals surface area contributed by atoms with Gasteiger partial charge in [0.15, 0.2) is 10.4 Å². The Hall–Kier alpha value is -2.85. The molecule has 2 aromatic rings. The lowest BCUT2D eigenvalue weighted by molar-refractivity contribution is -0.132. The molecular weight excluding hydrogens is 456 g/mol. The number of nitrogens with one attached hydrogen (secondary N) is 2. The van der Waals surface area contributed by atoms with E-state index in [4.69, 9.17) is 9.15 Å². The molecule has 3 rings (SSSR count). The summed E-state index contributed by atoms with van der Waals surface area (Å²) in [7, 11) is 1.50. The minimum Gasteiger partial charge on any atom is -0.444 e. The van der Waals surface area contributed by atoms with Crippen molar-refractivity contribution in [2.75, 3.05) is 56.7 Å². The maximum Gasteiger partial charge on any atom is 0.287 e. The van der Waals surface area contributed by atoms with Gasteiger partial charge in [0.05, 0.1) is 26.3 Å². The monoisotopic (exact) mass is 478 g/mol. The zero-order valence-corrected chi connectivity index (χ0v) is 18.1. The van der Waals surface area contributed by atoms with E-state index in [1.807, 2.05) is 24.3 Å². The van der Waals surface area contributed by atoms with Gasteiger partial charge in [-0.2, -0.15) is 0 Å². The van der Waals surface area contributed by atoms with Crippen LogP contribution in [-0.2, 0) is 14.3 Å². The van der Waals surface area contributed by atoms with Crippen LogP contribution >= 0.6 is 15.9 Å². The normalized spacial score (nSPS) is 13.6. The molecule has 2 heterocycles. The maximum absolute atomic E-state index is 12.2. The van der Waals surface area contributed by atoms with Gasteiger partial charge in [-0.3, -0.25) is 14.4 Å². The predicted octanol–water partition coefficient (Wildman–Crippen LogP) is 1.71. The highest BCUT2D eigenvalue weighted by Gasteiger charge is 2.17. The second-order valence-electron chi connectivity index (χ2n) is 6.73. The van der Waals surface area contributed by atoms with Crippen molar-refractivity contribution in [1.29, 1.82) is 0 Å². The number of hydrogen-bond donors (Lipinski definition) is 2. The van der Waals surface area contributed by atoms with Crippen LogP contribution in [0, 0.1) is 0 Å². The van der Waals surface area contributed by atoms with Crippen LogP contribution < -0.4 is 15.5 Å². The first-order valence-corrected chi connectivity index (χ1v) is 10.2. The molecule has 0 spiro atoms. The topological polar surface area (TPSA) is 104 Å². The Morgan fingerprint density at radius 2 is 1.80 bits per heavy atom. The van der Waals surface area contributed by atoms with E-state index in [1.54, 1.807) is 6.07 Å². The van der Waals surface area contributed by atoms with Crippen LogP contribution in [0.25, 0.3) is 0 Å². The minimum absolute atomic E-state index is 0.0931. The molecule has 1 aliphatic heterocycles. The summed E-state index contributed by atoms with van der Waals surface area (Å²) in [6.45, 7) is 2.72. The fraction of sp³-hybridized carbons (Fsp3) is 0.350. The molecule has 0 aliphatic carbocycles. The van der Waals surface area contributed by atoms with Gasteiger partial charge in [-0.15, -0.1) is 0 Å². The third-order valence-electron chi connectivity index (χ3n) is 4.53. The second kappa shape index (κ2) is 10.3. The Kier molecular flexibility index (Phi) is 7.47. The lowest BCUT2D eigenvalue weighted by Crippen LogP contribution is -2.41. The van der Waals surface area contributed by atoms with Gasteiger partial charge < -0.3 is 29.6 Å². The number of morpholine rings is 1. The van der Waals surface area contributed by atoms with Crippen LogP contribution in [0.1, 0.15) is 10.6 Å². The van der Waals surface area contributed by atoms with Crippen molar-refractivity contribution >= 4 is 45.0 Å². The molecule has 1 aromatic carbocycles. The molecule has 2 N–H and O–H groups in total. The number of amides is 3. The summed E-state index contributed by atoms with van der Waals surface area (Å²) >= 11 is 3.11. The van der Waals surface area contributed by atoms with E-state index in [2.05, 4.69) is 31.5 Å². The summed E-state index contributed by atoms with van der Waals surface area (Å²) in [5.41, 5.74) is 1.72. The minimum atomic E-state index is -0.507. The highest BCUT2D eigenvalue weighted by molar-refractivity contribution is 9.10. The fourth-order valence-corrected chi connectivity index (χ4v) is 3.20. The van der Waals surface area contributed by atoms with Gasteiger partial charge >= 0.3 is 0 Å². The van der Waals surface area contributed by atoms with Crippen molar-refractivity contribution in [1.82, 2.24) is 10.2 Å². The van der Waals surface area contributed by atoms with Crippen LogP contribution in [0.4, 0.5) is 11.4 Å². The number of likely N-dealkylation sites (N-methyl/N-ethyl adjacent to an activating group) is 1. The van der Waals surface area contributed by atoms with Crippen molar-refractivity contribution < 1.29 is 23.5 Å². The van der Waals surface area contributed by atoms with Crippen LogP contribution in [0.15, 0.2) is 45.5 Å². The average Bonchev–Trinajstić information content (AvgIpc) is 3.19. The number of benzene rings is 1. The quantitative estimate of drug-likeness (QED) is 0.627. The second-order valence-corrected chi connectivity index (χ2v) is 7.51. The number of carbonyl (C=O) groups excluding carboxylic acids is 3. The van der Waals surface area contributed by atoms with E-state index in [9.17, 15) is 14.4 Å². The Labute approximate surface area is 182 Å². The van der Waals surface area contributed by atoms with Gasteiger partial charge in [-0.1, -0.05) is 0 Å². The highest BCUT2D eigenvalue weighted by atomic mass is 79.9. The molecule has 10 heteroatoms. The number of hydrogen-bond acceptors (Lipinski definition) is 6. The van der Waals surface area contributed by atoms with Gasteiger partial charge in [0.25, 0.3) is 5.91 Å². The highest BCUT2D eigenvalue weighted by Crippen LogP contribution is 2.19. The predicted molar refractivity (Wildman–Crippen MR) is 114 cm³/mol. The van der Waals surface area contributed by atoms with Gasteiger partial charge in [0, 0.05) is 31.5 Å². The Morgan fingerprint density at radius 3 is 2.43 bits per heavy atom. The number of nitrogens with zero attached hydrogens (tertiary/aromatic N) is 2. The number of furan rings is 1. The summed E-state index contributed by atoms with van der Waals surface area (Å²) in [5.74, 6) is -1.14. The van der Waals surface area contributed by atoms with Crippen molar-refractivity contribution in [3.05, 3.63) is 46.8 Å². The molecule has 9 nitrogen and oxygen atoms in total. The first kappa shape index (κ1) is 21.8. The van der Waals surface area contributed by atoms with E-state index < -0.39 is 11.8 Å². The largest absolute Gasteiger partial charge is 0.444 e. The molecule has 1 fully saturated rings. The lowest BCUT2D eigenvalue weighted by atomic mass is 10.2. The summed E-state index contributed by atoms with van der Waals surface area (Å²) in [5, 5.41) is 5.23. The molecule has 0 unspecified atom stereocenters. The number of anilines is 2. The third-order valence-corrected chi connectivity index (χ3v) is 4.96. The van der Waals surface area contributed by atoms with E-state index in [0.29, 0.717) is 23.6 Å². The molecule has 30 heavy (non-hydrogen) atoms. The molecule has 0 atom stereocenters. The van der Waals surface area contributed by atoms with Crippen molar-refractivity contribution in [3.63, 3.8) is 0 Å². The van der Waals surface area contributed by atoms with E-state index in [1.165, 1.54) is 18.0 Å². The van der Waals surface area contributed by atoms with E-state index in [-0.39, 0.29) is 24.8 Å². The molecule has 160 valence electrons. The summed E-state index contributed by atoms with van der Waals surface area (Å²) in [6, 6.07) is 10.6. The fourth-order valence-electron chi connectivity index (χ4n) is 2.90. The standard InChI is InChI=1S/C20H23BrN4O5/c1-24(19(27)12-22-20(28)16-6-7-17(21)30-16)13-18(26)23-14-2-4-15(5-3-14)25-8-10-29-11-9-25/h2-7H,8-13H2,1H3,(H,22,28)(H,23,26). The molecule has 0 saturated carbocycles. The Balaban J connectivity index is 1.43. The molecule has 3 amide bonds. The first-order chi connectivity index (χ1) is 14.4. The summed E-state index contributed by atoms with van der Waals surface area (Å²) < 4.78 is 10.9. The van der Waals surface area contributed by atoms with Gasteiger partial charge in [-0.25, -0.2) is 0 Å². The average molecular weight is 479 g/mol. The molecule has 0 bridgehead atoms. The summed E-state index contributed by atoms with van der Waals surface area (Å²) in [6.07, 6.45) is 0. The Morgan fingerprint density at radius 1 is 1.10 bits per heavy atom. The Bertz CT molecular complexity index is 893. The van der Waals surface area contributed by atoms with E-state index >= 15 is 0 Å². The summed E-state index contributed by atoms with van der Waals surface area (Å²) in [4.78, 5) is 39.8. The number of carbonyl (C=O) groups is 3. The van der Waals surface area contributed by atoms with Crippen LogP contribution in [-0.4, -0.2) is 69.1 Å². The van der Waals surface area contributed by atoms with Crippen LogP contribution in [0.3, 0.4) is 0 Å². The number of rotatable bonds is 7. The van der Waals surface area contributed by atoms with E-state index in [0.717, 1.165) is 18.8 Å². The van der Waals surface area contributed by atoms with Crippen molar-refractivity contribution in [2.45, 2.75) is 0 Å². The van der Waals surface area contributed by atoms with Gasteiger partial charge in [0.2, 0.25) is 11.8 Å². The molecule has 1 aromatic heterocycles. The third kappa shape index (κ3) is 6.07. The zero-order valence-electron chi connectivity index (χ0n) is 16.5. The molecule has 0 radical (unpaired) electrons. The number of halogens is 1.